The first-order chi connectivity index (χ1) is 14.5. The molecular weight excluding hydrogens is 392 g/mol. The number of amides is 1. The Hall–Kier alpha value is -3.82. The van der Waals surface area contributed by atoms with Crippen LogP contribution in [0.3, 0.4) is 0 Å². The Morgan fingerprint density at radius 2 is 1.80 bits per heavy atom. The Labute approximate surface area is 172 Å². The van der Waals surface area contributed by atoms with Gasteiger partial charge in [0.2, 0.25) is 5.82 Å². The molecule has 0 spiro atoms. The highest BCUT2D eigenvalue weighted by molar-refractivity contribution is 6.32. The Morgan fingerprint density at radius 1 is 1.10 bits per heavy atom. The van der Waals surface area contributed by atoms with E-state index in [0.29, 0.717) is 40.4 Å². The van der Waals surface area contributed by atoms with E-state index >= 15 is 0 Å². The van der Waals surface area contributed by atoms with Crippen molar-refractivity contribution in [1.82, 2.24) is 20.1 Å². The number of ether oxygens (including phenoxy) is 3. The summed E-state index contributed by atoms with van der Waals surface area (Å²) in [6.45, 7) is 3.44. The maximum atomic E-state index is 12.0. The Morgan fingerprint density at radius 3 is 2.37 bits per heavy atom. The number of nitrogens with zero attached hydrogens (tertiary/aromatic N) is 3. The number of benzene rings is 1. The van der Waals surface area contributed by atoms with Gasteiger partial charge in [-0.2, -0.15) is 0 Å². The molecule has 1 N–H and O–H groups in total. The molecule has 2 heterocycles. The SMILES string of the molecule is CCOC(=O)C(=O)NCc1nnc(-c2ccc(C)o2)n1-c1c(OC)cccc1OC. The molecule has 10 nitrogen and oxygen atoms in total. The third kappa shape index (κ3) is 4.12. The lowest BCUT2D eigenvalue weighted by Crippen LogP contribution is -2.33. The first-order valence-electron chi connectivity index (χ1n) is 9.17. The summed E-state index contributed by atoms with van der Waals surface area (Å²) in [7, 11) is 3.06. The van der Waals surface area contributed by atoms with Crippen LogP contribution in [0.2, 0.25) is 0 Å². The van der Waals surface area contributed by atoms with Crippen molar-refractivity contribution in [3.8, 4) is 28.8 Å². The Balaban J connectivity index is 2.09. The van der Waals surface area contributed by atoms with Crippen molar-refractivity contribution in [1.29, 1.82) is 0 Å². The van der Waals surface area contributed by atoms with Gasteiger partial charge in [0, 0.05) is 0 Å². The topological polar surface area (TPSA) is 118 Å². The smallest absolute Gasteiger partial charge is 0.396 e. The largest absolute Gasteiger partial charge is 0.494 e. The molecule has 0 unspecified atom stereocenters. The summed E-state index contributed by atoms with van der Waals surface area (Å²) >= 11 is 0. The van der Waals surface area contributed by atoms with Crippen LogP contribution in [0.15, 0.2) is 34.7 Å². The van der Waals surface area contributed by atoms with Crippen molar-refractivity contribution < 1.29 is 28.2 Å². The van der Waals surface area contributed by atoms with Crippen LogP contribution in [0.5, 0.6) is 11.5 Å². The van der Waals surface area contributed by atoms with Gasteiger partial charge >= 0.3 is 11.9 Å². The van der Waals surface area contributed by atoms with Gasteiger partial charge in [0.1, 0.15) is 22.9 Å². The number of methoxy groups -OCH3 is 2. The van der Waals surface area contributed by atoms with Gasteiger partial charge in [-0.3, -0.25) is 9.36 Å². The number of hydrogen-bond donors (Lipinski definition) is 1. The van der Waals surface area contributed by atoms with Crippen molar-refractivity contribution in [2.75, 3.05) is 20.8 Å². The molecule has 0 aliphatic carbocycles. The van der Waals surface area contributed by atoms with Crippen molar-refractivity contribution in [3.63, 3.8) is 0 Å². The minimum Gasteiger partial charge on any atom is -0.494 e. The van der Waals surface area contributed by atoms with E-state index in [-0.39, 0.29) is 13.2 Å². The summed E-state index contributed by atoms with van der Waals surface area (Å²) in [6, 6.07) is 8.87. The highest BCUT2D eigenvalue weighted by Gasteiger charge is 2.24. The molecule has 0 atom stereocenters. The zero-order chi connectivity index (χ0) is 21.7. The second-order valence-corrected chi connectivity index (χ2v) is 6.10. The molecule has 0 radical (unpaired) electrons. The van der Waals surface area contributed by atoms with E-state index in [1.807, 2.05) is 6.92 Å². The molecule has 3 rings (SSSR count). The molecule has 1 amide bonds. The van der Waals surface area contributed by atoms with Crippen LogP contribution in [-0.2, 0) is 20.9 Å². The van der Waals surface area contributed by atoms with Gasteiger partial charge in [-0.15, -0.1) is 10.2 Å². The lowest BCUT2D eigenvalue weighted by Gasteiger charge is -2.16. The molecule has 0 bridgehead atoms. The third-order valence-electron chi connectivity index (χ3n) is 4.18. The fourth-order valence-corrected chi connectivity index (χ4v) is 2.86. The summed E-state index contributed by atoms with van der Waals surface area (Å²) in [5.41, 5.74) is 0.525. The summed E-state index contributed by atoms with van der Waals surface area (Å²) in [4.78, 5) is 23.6. The third-order valence-corrected chi connectivity index (χ3v) is 4.18. The number of para-hydroxylation sites is 1. The average molecular weight is 414 g/mol. The number of carbonyl (C=O) groups is 2. The number of furan rings is 1. The first-order valence-corrected chi connectivity index (χ1v) is 9.17. The Bertz CT molecular complexity index is 1030. The Kier molecular flexibility index (Phi) is 6.35. The van der Waals surface area contributed by atoms with E-state index in [0.717, 1.165) is 0 Å². The van der Waals surface area contributed by atoms with Gasteiger partial charge in [-0.25, -0.2) is 4.79 Å². The highest BCUT2D eigenvalue weighted by Crippen LogP contribution is 2.36. The summed E-state index contributed by atoms with van der Waals surface area (Å²) in [5, 5.41) is 10.9. The summed E-state index contributed by atoms with van der Waals surface area (Å²) < 4.78 is 23.1. The molecule has 0 aliphatic rings. The molecule has 0 saturated carbocycles. The van der Waals surface area contributed by atoms with Crippen LogP contribution < -0.4 is 14.8 Å². The summed E-state index contributed by atoms with van der Waals surface area (Å²) in [5.74, 6) is 1.02. The van der Waals surface area contributed by atoms with Gasteiger partial charge in [0.05, 0.1) is 27.4 Å². The van der Waals surface area contributed by atoms with Crippen LogP contribution in [0.1, 0.15) is 18.5 Å². The number of hydrogen-bond acceptors (Lipinski definition) is 8. The molecule has 0 fully saturated rings. The standard InChI is InChI=1S/C20H22N4O6/c1-5-29-20(26)19(25)21-11-16-22-23-18(15-10-9-12(2)30-15)24(16)17-13(27-3)7-6-8-14(17)28-4/h6-10H,5,11H2,1-4H3,(H,21,25). The van der Waals surface area contributed by atoms with Gasteiger partial charge in [-0.05, 0) is 38.1 Å². The highest BCUT2D eigenvalue weighted by atomic mass is 16.5. The molecule has 158 valence electrons. The maximum Gasteiger partial charge on any atom is 0.396 e. The molecule has 30 heavy (non-hydrogen) atoms. The van der Waals surface area contributed by atoms with E-state index in [1.165, 1.54) is 14.2 Å². The lowest BCUT2D eigenvalue weighted by atomic mass is 10.2. The van der Waals surface area contributed by atoms with Crippen molar-refractivity contribution in [2.24, 2.45) is 0 Å². The number of carbonyl (C=O) groups excluding carboxylic acids is 2. The van der Waals surface area contributed by atoms with Gasteiger partial charge in [0.25, 0.3) is 0 Å². The van der Waals surface area contributed by atoms with Gasteiger partial charge in [-0.1, -0.05) is 6.07 Å². The van der Waals surface area contributed by atoms with Crippen LogP contribution in [0, 0.1) is 6.92 Å². The van der Waals surface area contributed by atoms with E-state index < -0.39 is 11.9 Å². The van der Waals surface area contributed by atoms with Gasteiger partial charge < -0.3 is 23.9 Å². The predicted octanol–water partition coefficient (Wildman–Crippen LogP) is 2.03. The van der Waals surface area contributed by atoms with E-state index in [1.54, 1.807) is 41.8 Å². The molecule has 2 aromatic heterocycles. The zero-order valence-electron chi connectivity index (χ0n) is 17.1. The normalized spacial score (nSPS) is 10.5. The lowest BCUT2D eigenvalue weighted by molar-refractivity contribution is -0.154. The van der Waals surface area contributed by atoms with Crippen LogP contribution in [0.25, 0.3) is 17.3 Å². The predicted molar refractivity (Wildman–Crippen MR) is 105 cm³/mol. The summed E-state index contributed by atoms with van der Waals surface area (Å²) in [6.07, 6.45) is 0. The quantitative estimate of drug-likeness (QED) is 0.461. The van der Waals surface area contributed by atoms with Crippen molar-refractivity contribution in [3.05, 3.63) is 41.9 Å². The van der Waals surface area contributed by atoms with Crippen LogP contribution in [0.4, 0.5) is 0 Å². The van der Waals surface area contributed by atoms with Gasteiger partial charge in [0.15, 0.2) is 11.6 Å². The second-order valence-electron chi connectivity index (χ2n) is 6.10. The minimum absolute atomic E-state index is 0.0917. The van der Waals surface area contributed by atoms with Crippen molar-refractivity contribution in [2.45, 2.75) is 20.4 Å². The molecular formula is C20H22N4O6. The van der Waals surface area contributed by atoms with E-state index in [9.17, 15) is 9.59 Å². The molecule has 0 saturated heterocycles. The number of aryl methyl sites for hydroxylation is 1. The van der Waals surface area contributed by atoms with Crippen LogP contribution in [-0.4, -0.2) is 47.5 Å². The monoisotopic (exact) mass is 414 g/mol. The zero-order valence-corrected chi connectivity index (χ0v) is 17.1. The fourth-order valence-electron chi connectivity index (χ4n) is 2.86. The minimum atomic E-state index is -0.972. The van der Waals surface area contributed by atoms with Crippen molar-refractivity contribution >= 4 is 11.9 Å². The average Bonchev–Trinajstić information content (AvgIpc) is 3.37. The van der Waals surface area contributed by atoms with Crippen LogP contribution >= 0.6 is 0 Å². The van der Waals surface area contributed by atoms with E-state index in [4.69, 9.17) is 18.6 Å². The first kappa shape index (κ1) is 20.9. The number of nitrogens with one attached hydrogen (secondary N) is 1. The second kappa shape index (κ2) is 9.12. The maximum absolute atomic E-state index is 12.0. The number of rotatable bonds is 7. The molecule has 0 aliphatic heterocycles. The molecule has 10 heteroatoms. The molecule has 1 aromatic carbocycles. The van der Waals surface area contributed by atoms with E-state index in [2.05, 4.69) is 15.5 Å². The fraction of sp³-hybridized carbons (Fsp3) is 0.300. The molecule has 3 aromatic rings. The number of aromatic nitrogens is 3. The number of esters is 1.